The quantitative estimate of drug-likeness (QED) is 0.894. The molecule has 2 aromatic rings. The molecule has 8 heteroatoms. The van der Waals surface area contributed by atoms with Crippen LogP contribution in [0.3, 0.4) is 0 Å². The van der Waals surface area contributed by atoms with Crippen LogP contribution >= 0.6 is 0 Å². The topological polar surface area (TPSA) is 97.9 Å². The molecule has 2 atom stereocenters. The zero-order valence-electron chi connectivity index (χ0n) is 13.1. The van der Waals surface area contributed by atoms with E-state index in [1.807, 2.05) is 0 Å². The van der Waals surface area contributed by atoms with Crippen LogP contribution in [0.5, 0.6) is 11.5 Å². The molecule has 1 amide bonds. The summed E-state index contributed by atoms with van der Waals surface area (Å²) in [5, 5.41) is 13.4. The minimum atomic E-state index is -0.158. The highest BCUT2D eigenvalue weighted by molar-refractivity contribution is 5.95. The van der Waals surface area contributed by atoms with Crippen LogP contribution in [-0.2, 0) is 0 Å². The molecule has 0 bridgehead atoms. The molecule has 2 aliphatic heterocycles. The molecule has 1 fully saturated rings. The van der Waals surface area contributed by atoms with E-state index in [9.17, 15) is 9.90 Å². The first-order valence-electron chi connectivity index (χ1n) is 7.75. The van der Waals surface area contributed by atoms with E-state index in [1.54, 1.807) is 30.0 Å². The number of rotatable bonds is 3. The number of aliphatic hydroxyl groups is 1. The Morgan fingerprint density at radius 2 is 2.17 bits per heavy atom. The van der Waals surface area contributed by atoms with E-state index in [0.717, 1.165) is 0 Å². The Bertz CT molecular complexity index is 775. The van der Waals surface area contributed by atoms with Crippen molar-refractivity contribution in [3.63, 3.8) is 0 Å². The summed E-state index contributed by atoms with van der Waals surface area (Å²) >= 11 is 0. The van der Waals surface area contributed by atoms with Gasteiger partial charge in [-0.05, 0) is 25.1 Å². The van der Waals surface area contributed by atoms with Crippen LogP contribution < -0.4 is 9.47 Å². The van der Waals surface area contributed by atoms with Gasteiger partial charge >= 0.3 is 0 Å². The van der Waals surface area contributed by atoms with Crippen LogP contribution in [0.25, 0.3) is 0 Å². The van der Waals surface area contributed by atoms with Crippen molar-refractivity contribution in [1.82, 2.24) is 15.0 Å². The fraction of sp³-hybridized carbons (Fsp3) is 0.438. The second kappa shape index (κ2) is 5.79. The van der Waals surface area contributed by atoms with Crippen LogP contribution in [0.2, 0.25) is 0 Å². The summed E-state index contributed by atoms with van der Waals surface area (Å²) in [6.45, 7) is 2.74. The minimum absolute atomic E-state index is 0.0446. The number of likely N-dealkylation sites (tertiary alicyclic amines) is 1. The van der Waals surface area contributed by atoms with Gasteiger partial charge in [-0.2, -0.15) is 4.98 Å². The van der Waals surface area contributed by atoms with Gasteiger partial charge in [0, 0.05) is 31.2 Å². The molecule has 1 aromatic carbocycles. The van der Waals surface area contributed by atoms with Crippen LogP contribution in [0.1, 0.15) is 28.0 Å². The zero-order valence-corrected chi connectivity index (χ0v) is 13.1. The monoisotopic (exact) mass is 331 g/mol. The lowest BCUT2D eigenvalue weighted by atomic mass is 9.97. The van der Waals surface area contributed by atoms with E-state index < -0.39 is 0 Å². The molecule has 0 saturated carbocycles. The zero-order chi connectivity index (χ0) is 16.7. The van der Waals surface area contributed by atoms with Crippen LogP contribution in [0.4, 0.5) is 0 Å². The lowest BCUT2D eigenvalue weighted by Crippen LogP contribution is -2.29. The number of amides is 1. The van der Waals surface area contributed by atoms with Gasteiger partial charge in [-0.15, -0.1) is 0 Å². The van der Waals surface area contributed by atoms with Gasteiger partial charge < -0.3 is 24.0 Å². The molecular formula is C16H17N3O5. The van der Waals surface area contributed by atoms with Crippen molar-refractivity contribution in [1.29, 1.82) is 0 Å². The van der Waals surface area contributed by atoms with Crippen LogP contribution in [0.15, 0.2) is 22.7 Å². The Morgan fingerprint density at radius 1 is 1.33 bits per heavy atom. The fourth-order valence-electron chi connectivity index (χ4n) is 3.18. The standard InChI is InChI=1S/C16H17N3O5/c1-9-17-15(24-18-9)12-6-19(5-11(12)7-20)16(21)10-2-3-13-14(4-10)23-8-22-13/h2-4,11-12,20H,5-8H2,1H3/t11-,12+/m0/s1. The maximum absolute atomic E-state index is 12.8. The number of aliphatic hydroxyl groups excluding tert-OH is 1. The number of fused-ring (bicyclic) bond motifs is 1. The van der Waals surface area contributed by atoms with E-state index in [0.29, 0.717) is 41.9 Å². The molecule has 0 aliphatic carbocycles. The maximum atomic E-state index is 12.8. The number of hydrogen-bond acceptors (Lipinski definition) is 7. The van der Waals surface area contributed by atoms with Gasteiger partial charge in [-0.3, -0.25) is 4.79 Å². The largest absolute Gasteiger partial charge is 0.454 e. The van der Waals surface area contributed by atoms with Gasteiger partial charge in [-0.25, -0.2) is 0 Å². The van der Waals surface area contributed by atoms with E-state index in [2.05, 4.69) is 10.1 Å². The number of ether oxygens (including phenoxy) is 2. The Balaban J connectivity index is 1.55. The van der Waals surface area contributed by atoms with E-state index in [1.165, 1.54) is 0 Å². The average Bonchev–Trinajstić information content (AvgIpc) is 3.31. The minimum Gasteiger partial charge on any atom is -0.454 e. The molecule has 2 aliphatic rings. The van der Waals surface area contributed by atoms with Gasteiger partial charge in [0.15, 0.2) is 17.3 Å². The van der Waals surface area contributed by atoms with Crippen molar-refractivity contribution in [3.05, 3.63) is 35.5 Å². The maximum Gasteiger partial charge on any atom is 0.254 e. The first-order chi connectivity index (χ1) is 11.7. The van der Waals surface area contributed by atoms with Crippen molar-refractivity contribution < 1.29 is 23.9 Å². The molecule has 3 heterocycles. The molecule has 0 unspecified atom stereocenters. The Kier molecular flexibility index (Phi) is 3.61. The molecule has 0 spiro atoms. The Morgan fingerprint density at radius 3 is 2.92 bits per heavy atom. The number of carbonyl (C=O) groups is 1. The van der Waals surface area contributed by atoms with E-state index in [4.69, 9.17) is 14.0 Å². The summed E-state index contributed by atoms with van der Waals surface area (Å²) in [4.78, 5) is 18.7. The highest BCUT2D eigenvalue weighted by Gasteiger charge is 2.39. The fourth-order valence-corrected chi connectivity index (χ4v) is 3.18. The predicted molar refractivity (Wildman–Crippen MR) is 80.8 cm³/mol. The molecule has 8 nitrogen and oxygen atoms in total. The Hall–Kier alpha value is -2.61. The lowest BCUT2D eigenvalue weighted by Gasteiger charge is -2.16. The lowest BCUT2D eigenvalue weighted by molar-refractivity contribution is 0.0780. The number of nitrogens with zero attached hydrogens (tertiary/aromatic N) is 3. The first-order valence-corrected chi connectivity index (χ1v) is 7.75. The smallest absolute Gasteiger partial charge is 0.254 e. The van der Waals surface area contributed by atoms with Crippen molar-refractivity contribution in [2.75, 3.05) is 26.5 Å². The second-order valence-electron chi connectivity index (χ2n) is 6.01. The normalized spacial score (nSPS) is 22.2. The number of benzene rings is 1. The molecule has 126 valence electrons. The van der Waals surface area contributed by atoms with Gasteiger partial charge in [-0.1, -0.05) is 5.16 Å². The van der Waals surface area contributed by atoms with Crippen molar-refractivity contribution >= 4 is 5.91 Å². The van der Waals surface area contributed by atoms with E-state index >= 15 is 0 Å². The first kappa shape index (κ1) is 14.9. The Labute approximate surface area is 138 Å². The molecule has 4 rings (SSSR count). The summed E-state index contributed by atoms with van der Waals surface area (Å²) in [7, 11) is 0. The summed E-state index contributed by atoms with van der Waals surface area (Å²) < 4.78 is 15.8. The summed E-state index contributed by atoms with van der Waals surface area (Å²) in [5.41, 5.74) is 0.526. The highest BCUT2D eigenvalue weighted by atomic mass is 16.7. The predicted octanol–water partition coefficient (Wildman–Crippen LogP) is 0.955. The van der Waals surface area contributed by atoms with Crippen molar-refractivity contribution in [2.24, 2.45) is 5.92 Å². The molecule has 1 saturated heterocycles. The molecule has 0 radical (unpaired) electrons. The number of hydrogen-bond donors (Lipinski definition) is 1. The second-order valence-corrected chi connectivity index (χ2v) is 6.01. The van der Waals surface area contributed by atoms with Gasteiger partial charge in [0.05, 0.1) is 5.92 Å². The third kappa shape index (κ3) is 2.48. The average molecular weight is 331 g/mol. The SMILES string of the molecule is Cc1noc([C@@H]2CN(C(=O)c3ccc4c(c3)OCO4)C[C@H]2CO)n1. The van der Waals surface area contributed by atoms with Gasteiger partial charge in [0.2, 0.25) is 12.7 Å². The molecule has 24 heavy (non-hydrogen) atoms. The van der Waals surface area contributed by atoms with Crippen molar-refractivity contribution in [3.8, 4) is 11.5 Å². The third-order valence-electron chi connectivity index (χ3n) is 4.44. The molecule has 1 aromatic heterocycles. The van der Waals surface area contributed by atoms with Gasteiger partial charge in [0.25, 0.3) is 5.91 Å². The van der Waals surface area contributed by atoms with Crippen LogP contribution in [0, 0.1) is 12.8 Å². The molecular weight excluding hydrogens is 314 g/mol. The summed E-state index contributed by atoms with van der Waals surface area (Å²) in [6.07, 6.45) is 0. The van der Waals surface area contributed by atoms with Crippen LogP contribution in [-0.4, -0.2) is 52.5 Å². The number of carbonyl (C=O) groups excluding carboxylic acids is 1. The van der Waals surface area contributed by atoms with E-state index in [-0.39, 0.29) is 31.1 Å². The summed E-state index contributed by atoms with van der Waals surface area (Å²) in [6, 6.07) is 5.13. The van der Waals surface area contributed by atoms with Gasteiger partial charge in [0.1, 0.15) is 0 Å². The molecule has 1 N–H and O–H groups in total. The summed E-state index contributed by atoms with van der Waals surface area (Å²) in [5.74, 6) is 1.82. The number of aromatic nitrogens is 2. The third-order valence-corrected chi connectivity index (χ3v) is 4.44. The number of aryl methyl sites for hydroxylation is 1. The highest BCUT2D eigenvalue weighted by Crippen LogP contribution is 2.35. The van der Waals surface area contributed by atoms with Crippen molar-refractivity contribution in [2.45, 2.75) is 12.8 Å².